The molecule has 1 N–H and O–H groups in total. The molecule has 0 aliphatic carbocycles. The molecule has 17 heavy (non-hydrogen) atoms. The maximum atomic E-state index is 9.80. The molecule has 1 aromatic rings. The van der Waals surface area contributed by atoms with E-state index in [1.165, 1.54) is 12.8 Å². The lowest BCUT2D eigenvalue weighted by Crippen LogP contribution is -2.45. The Morgan fingerprint density at radius 2 is 1.94 bits per heavy atom. The Morgan fingerprint density at radius 1 is 1.29 bits per heavy atom. The largest absolute Gasteiger partial charge is 0.393 e. The normalized spacial score (nSPS) is 31.9. The molecule has 2 atom stereocenters. The topological polar surface area (TPSA) is 36.4 Å². The van der Waals surface area contributed by atoms with Crippen LogP contribution in [0.15, 0.2) is 16.6 Å². The lowest BCUT2D eigenvalue weighted by molar-refractivity contribution is 0.126. The van der Waals surface area contributed by atoms with E-state index < -0.39 is 0 Å². The first kappa shape index (κ1) is 11.5. The summed E-state index contributed by atoms with van der Waals surface area (Å²) in [6.07, 6.45) is 4.07. The second-order valence-corrected chi connectivity index (χ2v) is 6.01. The van der Waals surface area contributed by atoms with Crippen LogP contribution in [-0.4, -0.2) is 28.3 Å². The number of hydrogen-bond donors (Lipinski definition) is 1. The fourth-order valence-electron chi connectivity index (χ4n) is 3.20. The highest BCUT2D eigenvalue weighted by atomic mass is 79.9. The number of fused-ring (bicyclic) bond motifs is 2. The van der Waals surface area contributed by atoms with E-state index in [-0.39, 0.29) is 6.10 Å². The number of nitrogens with zero attached hydrogens (tertiary/aromatic N) is 2. The van der Waals surface area contributed by atoms with Crippen LogP contribution < -0.4 is 4.90 Å². The molecule has 0 amide bonds. The zero-order chi connectivity index (χ0) is 12.0. The van der Waals surface area contributed by atoms with Crippen molar-refractivity contribution in [3.63, 3.8) is 0 Å². The Bertz CT molecular complexity index is 423. The number of aryl methyl sites for hydroxylation is 1. The van der Waals surface area contributed by atoms with Crippen molar-refractivity contribution in [3.05, 3.63) is 22.3 Å². The van der Waals surface area contributed by atoms with Crippen LogP contribution in [0, 0.1) is 6.92 Å². The maximum absolute atomic E-state index is 9.80. The van der Waals surface area contributed by atoms with Gasteiger partial charge in [-0.1, -0.05) is 0 Å². The Labute approximate surface area is 110 Å². The summed E-state index contributed by atoms with van der Waals surface area (Å²) in [5.41, 5.74) is 1.04. The third kappa shape index (κ3) is 1.97. The van der Waals surface area contributed by atoms with Crippen molar-refractivity contribution in [2.75, 3.05) is 4.90 Å². The molecule has 0 spiro atoms. The molecule has 2 fully saturated rings. The third-order valence-electron chi connectivity index (χ3n) is 3.98. The maximum Gasteiger partial charge on any atom is 0.129 e. The predicted octanol–water partition coefficient (Wildman–Crippen LogP) is 2.64. The number of rotatable bonds is 1. The molecular formula is C13H17BrN2O. The molecule has 92 valence electrons. The summed E-state index contributed by atoms with van der Waals surface area (Å²) in [6, 6.07) is 5.12. The van der Waals surface area contributed by atoms with E-state index in [9.17, 15) is 5.11 Å². The Morgan fingerprint density at radius 3 is 2.53 bits per heavy atom. The van der Waals surface area contributed by atoms with E-state index in [1.54, 1.807) is 0 Å². The Kier molecular flexibility index (Phi) is 2.87. The van der Waals surface area contributed by atoms with E-state index in [0.717, 1.165) is 28.8 Å². The Hall–Kier alpha value is -0.610. The van der Waals surface area contributed by atoms with Gasteiger partial charge in [0.15, 0.2) is 0 Å². The molecule has 0 saturated carbocycles. The minimum atomic E-state index is -0.111. The van der Waals surface area contributed by atoms with E-state index in [1.807, 2.05) is 6.92 Å². The van der Waals surface area contributed by atoms with E-state index in [2.05, 4.69) is 37.9 Å². The minimum absolute atomic E-state index is 0.111. The SMILES string of the molecule is Cc1nc(N2C3CCC2CC(O)C3)ccc1Br. The molecule has 1 aromatic heterocycles. The number of aliphatic hydroxyl groups excluding tert-OH is 1. The first-order valence-electron chi connectivity index (χ1n) is 6.24. The number of aromatic nitrogens is 1. The van der Waals surface area contributed by atoms with Crippen LogP contribution in [0.25, 0.3) is 0 Å². The zero-order valence-electron chi connectivity index (χ0n) is 9.93. The standard InChI is InChI=1S/C13H17BrN2O/c1-8-12(14)4-5-13(15-8)16-9-2-3-10(16)7-11(17)6-9/h4-5,9-11,17H,2-3,6-7H2,1H3. The predicted molar refractivity (Wildman–Crippen MR) is 71.2 cm³/mol. The molecule has 2 unspecified atom stereocenters. The van der Waals surface area contributed by atoms with Crippen molar-refractivity contribution >= 4 is 21.7 Å². The molecule has 2 aliphatic rings. The van der Waals surface area contributed by atoms with Crippen molar-refractivity contribution in [1.82, 2.24) is 4.98 Å². The molecule has 4 heteroatoms. The van der Waals surface area contributed by atoms with Crippen LogP contribution in [0.4, 0.5) is 5.82 Å². The van der Waals surface area contributed by atoms with Gasteiger partial charge in [0.2, 0.25) is 0 Å². The minimum Gasteiger partial charge on any atom is -0.393 e. The fourth-order valence-corrected chi connectivity index (χ4v) is 3.42. The van der Waals surface area contributed by atoms with Gasteiger partial charge in [-0.25, -0.2) is 4.98 Å². The summed E-state index contributed by atoms with van der Waals surface area (Å²) in [5.74, 6) is 1.07. The van der Waals surface area contributed by atoms with Gasteiger partial charge in [0.05, 0.1) is 11.8 Å². The molecule has 3 heterocycles. The van der Waals surface area contributed by atoms with Crippen molar-refractivity contribution in [1.29, 1.82) is 0 Å². The smallest absolute Gasteiger partial charge is 0.129 e. The van der Waals surface area contributed by atoms with Crippen LogP contribution in [-0.2, 0) is 0 Å². The van der Waals surface area contributed by atoms with Gasteiger partial charge < -0.3 is 10.0 Å². The third-order valence-corrected chi connectivity index (χ3v) is 4.82. The van der Waals surface area contributed by atoms with Gasteiger partial charge in [0, 0.05) is 16.6 Å². The molecule has 0 aromatic carbocycles. The summed E-state index contributed by atoms with van der Waals surface area (Å²) in [4.78, 5) is 7.08. The lowest BCUT2D eigenvalue weighted by Gasteiger charge is -2.38. The molecule has 0 radical (unpaired) electrons. The van der Waals surface area contributed by atoms with Gasteiger partial charge >= 0.3 is 0 Å². The highest BCUT2D eigenvalue weighted by molar-refractivity contribution is 9.10. The molecular weight excluding hydrogens is 280 g/mol. The van der Waals surface area contributed by atoms with Crippen LogP contribution in [0.1, 0.15) is 31.4 Å². The fraction of sp³-hybridized carbons (Fsp3) is 0.615. The first-order valence-corrected chi connectivity index (χ1v) is 7.04. The second-order valence-electron chi connectivity index (χ2n) is 5.15. The van der Waals surface area contributed by atoms with E-state index in [0.29, 0.717) is 12.1 Å². The average molecular weight is 297 g/mol. The summed E-state index contributed by atoms with van der Waals surface area (Å²) in [6.45, 7) is 2.02. The van der Waals surface area contributed by atoms with Crippen molar-refractivity contribution in [3.8, 4) is 0 Å². The molecule has 2 bridgehead atoms. The Balaban J connectivity index is 1.92. The number of piperidine rings is 1. The van der Waals surface area contributed by atoms with Crippen molar-refractivity contribution < 1.29 is 5.11 Å². The number of anilines is 1. The second kappa shape index (κ2) is 4.25. The van der Waals surface area contributed by atoms with Crippen LogP contribution in [0.5, 0.6) is 0 Å². The number of aliphatic hydroxyl groups is 1. The van der Waals surface area contributed by atoms with Gasteiger partial charge in [0.25, 0.3) is 0 Å². The van der Waals surface area contributed by atoms with Crippen LogP contribution in [0.2, 0.25) is 0 Å². The highest BCUT2D eigenvalue weighted by Gasteiger charge is 2.40. The molecule has 2 aliphatic heterocycles. The average Bonchev–Trinajstić information content (AvgIpc) is 2.55. The van der Waals surface area contributed by atoms with Gasteiger partial charge in [-0.2, -0.15) is 0 Å². The zero-order valence-corrected chi connectivity index (χ0v) is 11.5. The monoisotopic (exact) mass is 296 g/mol. The molecule has 2 saturated heterocycles. The highest BCUT2D eigenvalue weighted by Crippen LogP contribution is 2.38. The van der Waals surface area contributed by atoms with Crippen molar-refractivity contribution in [2.24, 2.45) is 0 Å². The molecule has 3 nitrogen and oxygen atoms in total. The summed E-state index contributed by atoms with van der Waals surface area (Å²) in [7, 11) is 0. The van der Waals surface area contributed by atoms with E-state index in [4.69, 9.17) is 0 Å². The number of pyridine rings is 1. The van der Waals surface area contributed by atoms with E-state index >= 15 is 0 Å². The number of halogens is 1. The molecule has 3 rings (SSSR count). The van der Waals surface area contributed by atoms with Gasteiger partial charge in [-0.3, -0.25) is 0 Å². The first-order chi connectivity index (χ1) is 8.15. The number of hydrogen-bond acceptors (Lipinski definition) is 3. The van der Waals surface area contributed by atoms with Gasteiger partial charge in [-0.15, -0.1) is 0 Å². The van der Waals surface area contributed by atoms with Crippen LogP contribution >= 0.6 is 15.9 Å². The lowest BCUT2D eigenvalue weighted by atomic mass is 10.00. The summed E-state index contributed by atoms with van der Waals surface area (Å²) >= 11 is 3.49. The van der Waals surface area contributed by atoms with Gasteiger partial charge in [0.1, 0.15) is 5.82 Å². The summed E-state index contributed by atoms with van der Waals surface area (Å²) in [5, 5.41) is 9.80. The quantitative estimate of drug-likeness (QED) is 0.865. The van der Waals surface area contributed by atoms with Gasteiger partial charge in [-0.05, 0) is 60.7 Å². The van der Waals surface area contributed by atoms with Crippen LogP contribution in [0.3, 0.4) is 0 Å². The van der Waals surface area contributed by atoms with Crippen molar-refractivity contribution in [2.45, 2.75) is 50.8 Å². The summed E-state index contributed by atoms with van der Waals surface area (Å²) < 4.78 is 1.06.